The van der Waals surface area contributed by atoms with Crippen molar-refractivity contribution in [2.45, 2.75) is 19.4 Å². The zero-order valence-electron chi connectivity index (χ0n) is 18.4. The van der Waals surface area contributed by atoms with Gasteiger partial charge >= 0.3 is 0 Å². The lowest BCUT2D eigenvalue weighted by atomic mass is 10.0. The van der Waals surface area contributed by atoms with E-state index in [1.54, 1.807) is 7.11 Å². The topological polar surface area (TPSA) is 58.1 Å². The van der Waals surface area contributed by atoms with E-state index in [4.69, 9.17) is 9.47 Å². The molecule has 0 spiro atoms. The molecule has 0 saturated carbocycles. The first-order valence-electron chi connectivity index (χ1n) is 10.7. The Morgan fingerprint density at radius 2 is 1.77 bits per heavy atom. The molecule has 0 radical (unpaired) electrons. The predicted molar refractivity (Wildman–Crippen MR) is 122 cm³/mol. The molecular formula is C24H34N4O2. The Morgan fingerprint density at radius 1 is 1.07 bits per heavy atom. The van der Waals surface area contributed by atoms with E-state index < -0.39 is 0 Å². The zero-order chi connectivity index (χ0) is 21.2. The van der Waals surface area contributed by atoms with E-state index in [0.29, 0.717) is 0 Å². The third-order valence-electron chi connectivity index (χ3n) is 5.50. The van der Waals surface area contributed by atoms with Crippen LogP contribution < -0.4 is 15.4 Å². The van der Waals surface area contributed by atoms with E-state index in [2.05, 4.69) is 63.8 Å². The molecule has 30 heavy (non-hydrogen) atoms. The Morgan fingerprint density at radius 3 is 2.40 bits per heavy atom. The number of morpholine rings is 1. The van der Waals surface area contributed by atoms with E-state index in [-0.39, 0.29) is 6.04 Å². The van der Waals surface area contributed by atoms with Gasteiger partial charge in [0.15, 0.2) is 5.96 Å². The van der Waals surface area contributed by atoms with Crippen molar-refractivity contribution in [3.05, 3.63) is 65.2 Å². The molecule has 1 unspecified atom stereocenters. The second-order valence-electron chi connectivity index (χ2n) is 7.55. The Hall–Kier alpha value is -2.57. The van der Waals surface area contributed by atoms with Gasteiger partial charge in [0.25, 0.3) is 0 Å². The standard InChI is InChI=1S/C24H34N4O2/c1-19-4-6-20(7-5-19)12-13-26-24(25-2)27-18-23(28-14-16-30-17-15-28)21-8-10-22(29-3)11-9-21/h4-11,23H,12-18H2,1-3H3,(H2,25,26,27). The van der Waals surface area contributed by atoms with Gasteiger partial charge in [0, 0.05) is 33.2 Å². The van der Waals surface area contributed by atoms with E-state index in [1.165, 1.54) is 16.7 Å². The first-order chi connectivity index (χ1) is 14.7. The van der Waals surface area contributed by atoms with Gasteiger partial charge < -0.3 is 20.1 Å². The van der Waals surface area contributed by atoms with Gasteiger partial charge in [-0.25, -0.2) is 0 Å². The minimum atomic E-state index is 0.246. The maximum absolute atomic E-state index is 5.55. The molecule has 6 heteroatoms. The van der Waals surface area contributed by atoms with E-state index in [1.807, 2.05) is 19.2 Å². The van der Waals surface area contributed by atoms with Crippen molar-refractivity contribution in [3.63, 3.8) is 0 Å². The maximum Gasteiger partial charge on any atom is 0.191 e. The third kappa shape index (κ3) is 6.47. The molecule has 162 valence electrons. The lowest BCUT2D eigenvalue weighted by molar-refractivity contribution is 0.0170. The minimum absolute atomic E-state index is 0.246. The average molecular weight is 411 g/mol. The van der Waals surface area contributed by atoms with Crippen LogP contribution in [0.3, 0.4) is 0 Å². The second-order valence-corrected chi connectivity index (χ2v) is 7.55. The van der Waals surface area contributed by atoms with Gasteiger partial charge in [0.2, 0.25) is 0 Å². The van der Waals surface area contributed by atoms with Crippen molar-refractivity contribution in [3.8, 4) is 5.75 Å². The molecular weight excluding hydrogens is 376 g/mol. The largest absolute Gasteiger partial charge is 0.497 e. The molecule has 1 aliphatic rings. The molecule has 0 bridgehead atoms. The summed E-state index contributed by atoms with van der Waals surface area (Å²) in [6.07, 6.45) is 0.965. The van der Waals surface area contributed by atoms with Crippen LogP contribution in [0.5, 0.6) is 5.75 Å². The van der Waals surface area contributed by atoms with Crippen LogP contribution >= 0.6 is 0 Å². The highest BCUT2D eigenvalue weighted by atomic mass is 16.5. The van der Waals surface area contributed by atoms with Crippen molar-refractivity contribution in [1.82, 2.24) is 15.5 Å². The molecule has 1 aliphatic heterocycles. The van der Waals surface area contributed by atoms with Gasteiger partial charge in [-0.2, -0.15) is 0 Å². The first kappa shape index (κ1) is 22.1. The van der Waals surface area contributed by atoms with Crippen LogP contribution in [0.15, 0.2) is 53.5 Å². The molecule has 2 aromatic carbocycles. The van der Waals surface area contributed by atoms with Crippen LogP contribution in [0.25, 0.3) is 0 Å². The van der Waals surface area contributed by atoms with Crippen LogP contribution in [0, 0.1) is 6.92 Å². The van der Waals surface area contributed by atoms with Gasteiger partial charge in [-0.3, -0.25) is 9.89 Å². The number of hydrogen-bond acceptors (Lipinski definition) is 4. The number of aryl methyl sites for hydroxylation is 1. The average Bonchev–Trinajstić information content (AvgIpc) is 2.80. The summed E-state index contributed by atoms with van der Waals surface area (Å²) < 4.78 is 10.9. The van der Waals surface area contributed by atoms with Crippen molar-refractivity contribution < 1.29 is 9.47 Å². The summed E-state index contributed by atoms with van der Waals surface area (Å²) in [4.78, 5) is 6.87. The number of nitrogens with zero attached hydrogens (tertiary/aromatic N) is 2. The minimum Gasteiger partial charge on any atom is -0.497 e. The Labute approximate surface area is 180 Å². The molecule has 1 atom stereocenters. The van der Waals surface area contributed by atoms with Gasteiger partial charge in [0.1, 0.15) is 5.75 Å². The number of methoxy groups -OCH3 is 1. The third-order valence-corrected chi connectivity index (χ3v) is 5.50. The van der Waals surface area contributed by atoms with Crippen LogP contribution in [-0.4, -0.2) is 64.4 Å². The smallest absolute Gasteiger partial charge is 0.191 e. The molecule has 1 heterocycles. The molecule has 3 rings (SSSR count). The number of nitrogens with one attached hydrogen (secondary N) is 2. The fraction of sp³-hybridized carbons (Fsp3) is 0.458. The SMILES string of the molecule is CN=C(NCCc1ccc(C)cc1)NCC(c1ccc(OC)cc1)N1CCOCC1. The molecule has 0 aromatic heterocycles. The normalized spacial score (nSPS) is 16.2. The van der Waals surface area contributed by atoms with Crippen LogP contribution in [0.1, 0.15) is 22.7 Å². The molecule has 2 N–H and O–H groups in total. The summed E-state index contributed by atoms with van der Waals surface area (Å²) in [6, 6.07) is 17.3. The number of rotatable bonds is 8. The van der Waals surface area contributed by atoms with Gasteiger partial charge in [-0.1, -0.05) is 42.0 Å². The van der Waals surface area contributed by atoms with E-state index in [9.17, 15) is 0 Å². The van der Waals surface area contributed by atoms with Crippen LogP contribution in [-0.2, 0) is 11.2 Å². The molecule has 0 aliphatic carbocycles. The monoisotopic (exact) mass is 410 g/mol. The maximum atomic E-state index is 5.55. The number of hydrogen-bond donors (Lipinski definition) is 2. The predicted octanol–water partition coefficient (Wildman–Crippen LogP) is 2.78. The summed E-state index contributed by atoms with van der Waals surface area (Å²) in [5.41, 5.74) is 3.88. The van der Waals surface area contributed by atoms with E-state index in [0.717, 1.165) is 57.5 Å². The molecule has 2 aromatic rings. The second kappa shape index (κ2) is 11.6. The zero-order valence-corrected chi connectivity index (χ0v) is 18.4. The number of benzene rings is 2. The summed E-state index contributed by atoms with van der Waals surface area (Å²) in [7, 11) is 3.51. The van der Waals surface area contributed by atoms with Crippen LogP contribution in [0.2, 0.25) is 0 Å². The molecule has 0 amide bonds. The van der Waals surface area contributed by atoms with E-state index >= 15 is 0 Å². The number of guanidine groups is 1. The van der Waals surface area contributed by atoms with Gasteiger partial charge in [0.05, 0.1) is 26.4 Å². The van der Waals surface area contributed by atoms with Crippen molar-refractivity contribution >= 4 is 5.96 Å². The summed E-state index contributed by atoms with van der Waals surface area (Å²) >= 11 is 0. The molecule has 6 nitrogen and oxygen atoms in total. The fourth-order valence-electron chi connectivity index (χ4n) is 3.67. The Balaban J connectivity index is 1.57. The number of ether oxygens (including phenoxy) is 2. The van der Waals surface area contributed by atoms with Crippen LogP contribution in [0.4, 0.5) is 0 Å². The van der Waals surface area contributed by atoms with Crippen molar-refractivity contribution in [1.29, 1.82) is 0 Å². The molecule has 1 fully saturated rings. The lowest BCUT2D eigenvalue weighted by Gasteiger charge is -2.35. The quantitative estimate of drug-likeness (QED) is 0.518. The number of aliphatic imine (C=N–C) groups is 1. The summed E-state index contributed by atoms with van der Waals surface area (Å²) in [5, 5.41) is 6.95. The Bertz CT molecular complexity index is 784. The highest BCUT2D eigenvalue weighted by molar-refractivity contribution is 5.79. The highest BCUT2D eigenvalue weighted by Gasteiger charge is 2.23. The Kier molecular flexibility index (Phi) is 8.53. The highest BCUT2D eigenvalue weighted by Crippen LogP contribution is 2.23. The fourth-order valence-corrected chi connectivity index (χ4v) is 3.67. The van der Waals surface area contributed by atoms with Gasteiger partial charge in [-0.05, 0) is 36.6 Å². The summed E-state index contributed by atoms with van der Waals surface area (Å²) in [6.45, 7) is 7.13. The summed E-state index contributed by atoms with van der Waals surface area (Å²) in [5.74, 6) is 1.70. The lowest BCUT2D eigenvalue weighted by Crippen LogP contribution is -2.46. The van der Waals surface area contributed by atoms with Gasteiger partial charge in [-0.15, -0.1) is 0 Å². The van der Waals surface area contributed by atoms with Crippen molar-refractivity contribution in [2.75, 3.05) is 53.6 Å². The van der Waals surface area contributed by atoms with Crippen molar-refractivity contribution in [2.24, 2.45) is 4.99 Å². The first-order valence-corrected chi connectivity index (χ1v) is 10.7. The molecule has 1 saturated heterocycles.